The standard InChI is InChI=1S/C33H59N5O5Si2/c1-21-22(19-40-44(14,15)32(8,9)10)24(43-45(16,17)33(11,12)13)18-23(21)38-20-34-25-26(38)35-28(36-27(25)41-30(2,3)4)37-29(39)42-31(5,6)7/h20,22-24H,1,18-19H2,2-17H3,(H,35,36,37,39)/t22-,23-,24-/m0/s1. The molecule has 2 aromatic rings. The number of carbonyl (C=O) groups is 1. The SMILES string of the molecule is C=C1[C@H](CO[Si](C)(C)C(C)(C)C)[C@@H](O[Si](C)(C)C(C)(C)C)C[C@@H]1n1cnc2c(OC(C)(C)C)nc(NC(=O)OC(C)(C)C)nc21. The van der Waals surface area contributed by atoms with Crippen LogP contribution in [-0.2, 0) is 13.6 Å². The molecule has 0 aliphatic heterocycles. The Labute approximate surface area is 273 Å². The maximum absolute atomic E-state index is 12.7. The lowest BCUT2D eigenvalue weighted by molar-refractivity contribution is 0.0634. The summed E-state index contributed by atoms with van der Waals surface area (Å²) in [7, 11) is -4.14. The molecule has 1 N–H and O–H groups in total. The van der Waals surface area contributed by atoms with Gasteiger partial charge in [-0.25, -0.2) is 9.78 Å². The lowest BCUT2D eigenvalue weighted by atomic mass is 10.0. The highest BCUT2D eigenvalue weighted by Gasteiger charge is 2.48. The van der Waals surface area contributed by atoms with E-state index in [0.717, 1.165) is 5.57 Å². The van der Waals surface area contributed by atoms with Gasteiger partial charge in [0.1, 0.15) is 11.2 Å². The summed E-state index contributed by atoms with van der Waals surface area (Å²) >= 11 is 0. The summed E-state index contributed by atoms with van der Waals surface area (Å²) in [6.07, 6.45) is 1.75. The van der Waals surface area contributed by atoms with E-state index in [1.807, 2.05) is 25.3 Å². The number of nitrogens with zero attached hydrogens (tertiary/aromatic N) is 4. The van der Waals surface area contributed by atoms with Crippen LogP contribution in [0.5, 0.6) is 5.88 Å². The van der Waals surface area contributed by atoms with Crippen molar-refractivity contribution in [1.29, 1.82) is 0 Å². The molecule has 2 aromatic heterocycles. The summed E-state index contributed by atoms with van der Waals surface area (Å²) in [5.41, 5.74) is 0.840. The molecule has 3 atom stereocenters. The Morgan fingerprint density at radius 1 is 0.933 bits per heavy atom. The first-order valence-corrected chi connectivity index (χ1v) is 21.9. The van der Waals surface area contributed by atoms with E-state index in [9.17, 15) is 4.79 Å². The zero-order valence-corrected chi connectivity index (χ0v) is 32.8. The van der Waals surface area contributed by atoms with Gasteiger partial charge in [-0.3, -0.25) is 5.32 Å². The van der Waals surface area contributed by atoms with Crippen LogP contribution in [0.15, 0.2) is 18.5 Å². The van der Waals surface area contributed by atoms with Crippen molar-refractivity contribution in [3.63, 3.8) is 0 Å². The topological polar surface area (TPSA) is 110 Å². The molecule has 0 spiro atoms. The highest BCUT2D eigenvalue weighted by atomic mass is 28.4. The first kappa shape index (κ1) is 37.2. The minimum atomic E-state index is -2.12. The van der Waals surface area contributed by atoms with Crippen molar-refractivity contribution in [2.45, 2.75) is 149 Å². The van der Waals surface area contributed by atoms with Crippen LogP contribution >= 0.6 is 0 Å². The van der Waals surface area contributed by atoms with E-state index >= 15 is 0 Å². The molecule has 0 aromatic carbocycles. The second kappa shape index (κ2) is 12.4. The highest BCUT2D eigenvalue weighted by molar-refractivity contribution is 6.74. The predicted molar refractivity (Wildman–Crippen MR) is 187 cm³/mol. The van der Waals surface area contributed by atoms with Crippen LogP contribution < -0.4 is 10.1 Å². The summed E-state index contributed by atoms with van der Waals surface area (Å²) in [6, 6.07) is -0.149. The van der Waals surface area contributed by atoms with Gasteiger partial charge in [-0.05, 0) is 89.8 Å². The Hall–Kier alpha value is -2.29. The number of nitrogens with one attached hydrogen (secondary N) is 1. The molecule has 1 saturated carbocycles. The van der Waals surface area contributed by atoms with Gasteiger partial charge >= 0.3 is 6.09 Å². The quantitative estimate of drug-likeness (QED) is 0.221. The largest absolute Gasteiger partial charge is 0.470 e. The normalized spacial score (nSPS) is 20.5. The van der Waals surface area contributed by atoms with Gasteiger partial charge in [0.2, 0.25) is 11.8 Å². The molecule has 0 bridgehead atoms. The Balaban J connectivity index is 2.09. The van der Waals surface area contributed by atoms with E-state index in [-0.39, 0.29) is 40.0 Å². The second-order valence-corrected chi connectivity index (χ2v) is 27.0. The van der Waals surface area contributed by atoms with Crippen LogP contribution in [0.1, 0.15) is 95.5 Å². The van der Waals surface area contributed by atoms with Gasteiger partial charge in [-0.2, -0.15) is 9.97 Å². The van der Waals surface area contributed by atoms with Crippen molar-refractivity contribution >= 4 is 39.8 Å². The van der Waals surface area contributed by atoms with Crippen molar-refractivity contribution in [1.82, 2.24) is 19.5 Å². The molecule has 45 heavy (non-hydrogen) atoms. The third-order valence-corrected chi connectivity index (χ3v) is 18.2. The van der Waals surface area contributed by atoms with Crippen molar-refractivity contribution in [2.75, 3.05) is 11.9 Å². The minimum absolute atomic E-state index is 0.00203. The van der Waals surface area contributed by atoms with Crippen molar-refractivity contribution < 1.29 is 23.1 Å². The third kappa shape index (κ3) is 8.95. The van der Waals surface area contributed by atoms with E-state index < -0.39 is 33.9 Å². The Bertz CT molecular complexity index is 1390. The minimum Gasteiger partial charge on any atom is -0.470 e. The van der Waals surface area contributed by atoms with Gasteiger partial charge in [0, 0.05) is 12.5 Å². The number of anilines is 1. The maximum Gasteiger partial charge on any atom is 0.414 e. The first-order chi connectivity index (χ1) is 20.1. The number of imidazole rings is 1. The molecule has 1 fully saturated rings. The van der Waals surface area contributed by atoms with E-state index in [2.05, 4.69) is 84.6 Å². The summed E-state index contributed by atoms with van der Waals surface area (Å²) in [4.78, 5) is 26.7. The number of fused-ring (bicyclic) bond motifs is 1. The number of rotatable bonds is 8. The molecule has 1 aliphatic carbocycles. The number of ether oxygens (including phenoxy) is 2. The monoisotopic (exact) mass is 661 g/mol. The molecule has 0 radical (unpaired) electrons. The Morgan fingerprint density at radius 2 is 1.51 bits per heavy atom. The second-order valence-electron chi connectivity index (χ2n) is 17.4. The smallest absolute Gasteiger partial charge is 0.414 e. The fourth-order valence-corrected chi connectivity index (χ4v) is 7.06. The van der Waals surface area contributed by atoms with Crippen LogP contribution in [0.25, 0.3) is 11.2 Å². The molecule has 2 heterocycles. The Kier molecular flexibility index (Phi) is 10.2. The van der Waals surface area contributed by atoms with E-state index in [4.69, 9.17) is 28.3 Å². The van der Waals surface area contributed by atoms with Crippen molar-refractivity contribution in [2.24, 2.45) is 5.92 Å². The Morgan fingerprint density at radius 3 is 2.02 bits per heavy atom. The highest BCUT2D eigenvalue weighted by Crippen LogP contribution is 2.47. The maximum atomic E-state index is 12.7. The van der Waals surface area contributed by atoms with E-state index in [0.29, 0.717) is 24.2 Å². The van der Waals surface area contributed by atoms with E-state index in [1.54, 1.807) is 27.1 Å². The number of amides is 1. The molecule has 12 heteroatoms. The molecular weight excluding hydrogens is 603 g/mol. The third-order valence-electron chi connectivity index (χ3n) is 9.23. The summed E-state index contributed by atoms with van der Waals surface area (Å²) in [5.74, 6) is 0.364. The number of carbonyl (C=O) groups excluding carboxylic acids is 1. The van der Waals surface area contributed by atoms with Gasteiger partial charge in [0.15, 0.2) is 27.8 Å². The molecule has 3 rings (SSSR count). The van der Waals surface area contributed by atoms with Crippen LogP contribution in [0.2, 0.25) is 36.3 Å². The molecule has 1 amide bonds. The first-order valence-electron chi connectivity index (χ1n) is 16.1. The molecule has 254 valence electrons. The predicted octanol–water partition coefficient (Wildman–Crippen LogP) is 8.88. The molecule has 0 unspecified atom stereocenters. The van der Waals surface area contributed by atoms with Crippen LogP contribution in [-0.4, -0.2) is 66.2 Å². The fourth-order valence-electron chi connectivity index (χ4n) is 4.66. The number of hydrogen-bond donors (Lipinski definition) is 1. The lowest BCUT2D eigenvalue weighted by Gasteiger charge is -2.41. The fraction of sp³-hybridized carbons (Fsp3) is 0.758. The van der Waals surface area contributed by atoms with E-state index in [1.165, 1.54) is 0 Å². The van der Waals surface area contributed by atoms with Crippen LogP contribution in [0, 0.1) is 5.92 Å². The molecule has 0 saturated heterocycles. The van der Waals surface area contributed by atoms with Gasteiger partial charge in [-0.15, -0.1) is 0 Å². The molecular formula is C33H59N5O5Si2. The summed E-state index contributed by atoms with van der Waals surface area (Å²) in [5, 5.41) is 2.82. The van der Waals surface area contributed by atoms with Gasteiger partial charge in [-0.1, -0.05) is 48.1 Å². The molecule has 10 nitrogen and oxygen atoms in total. The average molecular weight is 662 g/mol. The van der Waals surface area contributed by atoms with Crippen molar-refractivity contribution in [3.8, 4) is 5.88 Å². The van der Waals surface area contributed by atoms with Crippen LogP contribution in [0.3, 0.4) is 0 Å². The zero-order valence-electron chi connectivity index (χ0n) is 30.8. The molecule has 1 aliphatic rings. The average Bonchev–Trinajstić information content (AvgIpc) is 3.34. The van der Waals surface area contributed by atoms with Crippen molar-refractivity contribution in [3.05, 3.63) is 18.5 Å². The zero-order chi connectivity index (χ0) is 34.6. The van der Waals surface area contributed by atoms with Gasteiger partial charge in [0.25, 0.3) is 0 Å². The van der Waals surface area contributed by atoms with Crippen LogP contribution in [0.4, 0.5) is 10.7 Å². The lowest BCUT2D eigenvalue weighted by Crippen LogP contribution is -2.47. The van der Waals surface area contributed by atoms with Gasteiger partial charge in [0.05, 0.1) is 18.5 Å². The van der Waals surface area contributed by atoms with Gasteiger partial charge < -0.3 is 22.9 Å². The number of hydrogen-bond acceptors (Lipinski definition) is 8. The summed E-state index contributed by atoms with van der Waals surface area (Å²) in [6.45, 7) is 39.1. The number of aromatic nitrogens is 4. The summed E-state index contributed by atoms with van der Waals surface area (Å²) < 4.78 is 27.6.